The van der Waals surface area contributed by atoms with Gasteiger partial charge in [0.15, 0.2) is 0 Å². The van der Waals surface area contributed by atoms with E-state index in [1.54, 1.807) is 10.9 Å². The Morgan fingerprint density at radius 3 is 2.60 bits per heavy atom. The molecule has 0 saturated heterocycles. The largest absolute Gasteiger partial charge is 0.397 e. The van der Waals surface area contributed by atoms with Gasteiger partial charge in [0.25, 0.3) is 0 Å². The number of benzene rings is 2. The second-order valence-corrected chi connectivity index (χ2v) is 5.22. The summed E-state index contributed by atoms with van der Waals surface area (Å²) in [4.78, 5) is 0. The lowest BCUT2D eigenvalue weighted by Crippen LogP contribution is -2.01. The van der Waals surface area contributed by atoms with E-state index < -0.39 is 0 Å². The Labute approximate surface area is 124 Å². The molecule has 3 rings (SSSR count). The van der Waals surface area contributed by atoms with Gasteiger partial charge in [0, 0.05) is 17.8 Å². The summed E-state index contributed by atoms with van der Waals surface area (Å²) in [5, 5.41) is 4.25. The summed E-state index contributed by atoms with van der Waals surface area (Å²) >= 11 is 3.11. The van der Waals surface area contributed by atoms with Crippen LogP contribution in [0, 0.1) is 5.82 Å². The van der Waals surface area contributed by atoms with Crippen molar-refractivity contribution >= 4 is 21.6 Å². The molecule has 0 radical (unpaired) electrons. The van der Waals surface area contributed by atoms with E-state index in [1.165, 1.54) is 12.1 Å². The number of rotatable bonds is 2. The third-order valence-electron chi connectivity index (χ3n) is 3.01. The predicted octanol–water partition coefficient (Wildman–Crippen LogP) is 4.02. The van der Waals surface area contributed by atoms with Crippen molar-refractivity contribution in [2.45, 2.75) is 0 Å². The van der Waals surface area contributed by atoms with Crippen LogP contribution in [-0.2, 0) is 0 Å². The maximum absolute atomic E-state index is 13.6. The Bertz CT molecular complexity index is 753. The van der Waals surface area contributed by atoms with Gasteiger partial charge in [-0.15, -0.1) is 0 Å². The predicted molar refractivity (Wildman–Crippen MR) is 81.1 cm³/mol. The molecule has 1 aromatic heterocycles. The SMILES string of the molecule is Nc1cc(Br)c(F)cc1-n1cc(-c2ccccc2)cn1. The van der Waals surface area contributed by atoms with Crippen LogP contribution in [0.3, 0.4) is 0 Å². The second-order valence-electron chi connectivity index (χ2n) is 4.36. The Hall–Kier alpha value is -2.14. The first-order chi connectivity index (χ1) is 9.65. The summed E-state index contributed by atoms with van der Waals surface area (Å²) in [6.45, 7) is 0. The number of nitrogens with zero attached hydrogens (tertiary/aromatic N) is 2. The molecule has 0 aliphatic heterocycles. The Kier molecular flexibility index (Phi) is 3.28. The molecule has 3 nitrogen and oxygen atoms in total. The van der Waals surface area contributed by atoms with Gasteiger partial charge in [-0.2, -0.15) is 5.10 Å². The lowest BCUT2D eigenvalue weighted by Gasteiger charge is -2.06. The molecule has 20 heavy (non-hydrogen) atoms. The van der Waals surface area contributed by atoms with Crippen LogP contribution < -0.4 is 5.73 Å². The van der Waals surface area contributed by atoms with E-state index >= 15 is 0 Å². The summed E-state index contributed by atoms with van der Waals surface area (Å²) in [6, 6.07) is 12.8. The maximum atomic E-state index is 13.6. The average molecular weight is 332 g/mol. The number of halogens is 2. The van der Waals surface area contributed by atoms with Crippen LogP contribution in [-0.4, -0.2) is 9.78 Å². The molecule has 2 aromatic carbocycles. The van der Waals surface area contributed by atoms with Crippen LogP contribution in [0.1, 0.15) is 0 Å². The summed E-state index contributed by atoms with van der Waals surface area (Å²) < 4.78 is 15.5. The quantitative estimate of drug-likeness (QED) is 0.720. The highest BCUT2D eigenvalue weighted by Crippen LogP contribution is 2.26. The second kappa shape index (κ2) is 5.09. The fourth-order valence-electron chi connectivity index (χ4n) is 1.98. The van der Waals surface area contributed by atoms with E-state index in [-0.39, 0.29) is 5.82 Å². The van der Waals surface area contributed by atoms with Gasteiger partial charge in [0.2, 0.25) is 0 Å². The van der Waals surface area contributed by atoms with E-state index in [1.807, 2.05) is 36.5 Å². The Morgan fingerprint density at radius 2 is 1.85 bits per heavy atom. The van der Waals surface area contributed by atoms with E-state index in [0.29, 0.717) is 15.8 Å². The minimum absolute atomic E-state index is 0.342. The molecule has 0 unspecified atom stereocenters. The first kappa shape index (κ1) is 12.9. The van der Waals surface area contributed by atoms with E-state index in [9.17, 15) is 4.39 Å². The molecule has 5 heteroatoms. The van der Waals surface area contributed by atoms with Crippen molar-refractivity contribution in [3.63, 3.8) is 0 Å². The van der Waals surface area contributed by atoms with Crippen LogP contribution in [0.15, 0.2) is 59.3 Å². The Morgan fingerprint density at radius 1 is 1.10 bits per heavy atom. The first-order valence-corrected chi connectivity index (χ1v) is 6.79. The molecule has 0 saturated carbocycles. The van der Waals surface area contributed by atoms with Gasteiger partial charge in [-0.3, -0.25) is 0 Å². The molecular weight excluding hydrogens is 321 g/mol. The van der Waals surface area contributed by atoms with Crippen molar-refractivity contribution in [3.05, 3.63) is 65.1 Å². The van der Waals surface area contributed by atoms with Crippen LogP contribution in [0.2, 0.25) is 0 Å². The number of anilines is 1. The van der Waals surface area contributed by atoms with Crippen molar-refractivity contribution in [1.82, 2.24) is 9.78 Å². The maximum Gasteiger partial charge on any atom is 0.139 e. The number of hydrogen-bond acceptors (Lipinski definition) is 2. The number of nitrogen functional groups attached to an aromatic ring is 1. The first-order valence-electron chi connectivity index (χ1n) is 6.00. The number of aromatic nitrogens is 2. The standard InChI is InChI=1S/C15H11BrFN3/c16-12-6-14(18)15(7-13(12)17)20-9-11(8-19-20)10-4-2-1-3-5-10/h1-9H,18H2. The third kappa shape index (κ3) is 2.32. The number of nitrogens with two attached hydrogens (primary N) is 1. The van der Waals surface area contributed by atoms with Gasteiger partial charge < -0.3 is 5.73 Å². The van der Waals surface area contributed by atoms with Gasteiger partial charge in [-0.25, -0.2) is 9.07 Å². The summed E-state index contributed by atoms with van der Waals surface area (Å²) in [6.07, 6.45) is 3.56. The van der Waals surface area contributed by atoms with E-state index in [4.69, 9.17) is 5.73 Å². The smallest absolute Gasteiger partial charge is 0.139 e. The molecule has 3 aromatic rings. The van der Waals surface area contributed by atoms with Crippen LogP contribution in [0.4, 0.5) is 10.1 Å². The summed E-state index contributed by atoms with van der Waals surface area (Å²) in [5.41, 5.74) is 8.90. The summed E-state index contributed by atoms with van der Waals surface area (Å²) in [5.74, 6) is -0.369. The van der Waals surface area contributed by atoms with Gasteiger partial charge in [0.05, 0.1) is 22.0 Å². The molecule has 2 N–H and O–H groups in total. The molecule has 100 valence electrons. The molecule has 0 amide bonds. The van der Waals surface area contributed by atoms with Gasteiger partial charge in [-0.1, -0.05) is 30.3 Å². The minimum atomic E-state index is -0.369. The van der Waals surface area contributed by atoms with E-state index in [2.05, 4.69) is 21.0 Å². The lowest BCUT2D eigenvalue weighted by atomic mass is 10.1. The summed E-state index contributed by atoms with van der Waals surface area (Å²) in [7, 11) is 0. The molecule has 1 heterocycles. The van der Waals surface area contributed by atoms with Crippen LogP contribution in [0.5, 0.6) is 0 Å². The molecule has 0 aliphatic rings. The normalized spacial score (nSPS) is 10.7. The highest BCUT2D eigenvalue weighted by molar-refractivity contribution is 9.10. The Balaban J connectivity index is 2.05. The average Bonchev–Trinajstić information content (AvgIpc) is 2.93. The van der Waals surface area contributed by atoms with Gasteiger partial charge in [0.1, 0.15) is 5.82 Å². The molecule has 0 spiro atoms. The zero-order valence-electron chi connectivity index (χ0n) is 10.4. The van der Waals surface area contributed by atoms with Crippen molar-refractivity contribution in [1.29, 1.82) is 0 Å². The molecule has 0 bridgehead atoms. The highest BCUT2D eigenvalue weighted by atomic mass is 79.9. The monoisotopic (exact) mass is 331 g/mol. The molecular formula is C15H11BrFN3. The van der Waals surface area contributed by atoms with Crippen molar-refractivity contribution < 1.29 is 4.39 Å². The molecule has 0 fully saturated rings. The zero-order valence-corrected chi connectivity index (χ0v) is 12.0. The minimum Gasteiger partial charge on any atom is -0.397 e. The molecule has 0 aliphatic carbocycles. The fraction of sp³-hybridized carbons (Fsp3) is 0. The molecule has 0 atom stereocenters. The van der Waals surface area contributed by atoms with Crippen LogP contribution >= 0.6 is 15.9 Å². The highest BCUT2D eigenvalue weighted by Gasteiger charge is 2.09. The fourth-order valence-corrected chi connectivity index (χ4v) is 2.35. The van der Waals surface area contributed by atoms with Crippen molar-refractivity contribution in [2.24, 2.45) is 0 Å². The number of hydrogen-bond donors (Lipinski definition) is 1. The van der Waals surface area contributed by atoms with Crippen molar-refractivity contribution in [3.8, 4) is 16.8 Å². The third-order valence-corrected chi connectivity index (χ3v) is 3.61. The topological polar surface area (TPSA) is 43.8 Å². The van der Waals surface area contributed by atoms with E-state index in [0.717, 1.165) is 11.1 Å². The zero-order chi connectivity index (χ0) is 14.1. The van der Waals surface area contributed by atoms with Gasteiger partial charge >= 0.3 is 0 Å². The van der Waals surface area contributed by atoms with Crippen molar-refractivity contribution in [2.75, 3.05) is 5.73 Å². The lowest BCUT2D eigenvalue weighted by molar-refractivity contribution is 0.619. The van der Waals surface area contributed by atoms with Gasteiger partial charge in [-0.05, 0) is 27.6 Å². The van der Waals surface area contributed by atoms with Crippen LogP contribution in [0.25, 0.3) is 16.8 Å².